The van der Waals surface area contributed by atoms with Gasteiger partial charge < -0.3 is 31.3 Å². The van der Waals surface area contributed by atoms with Gasteiger partial charge in [-0.3, -0.25) is 9.36 Å². The second-order valence-corrected chi connectivity index (χ2v) is 6.69. The third-order valence-corrected chi connectivity index (χ3v) is 4.79. The minimum Gasteiger partial charge on any atom is -0.399 e. The van der Waals surface area contributed by atoms with Crippen LogP contribution in [0.15, 0.2) is 36.9 Å². The van der Waals surface area contributed by atoms with Crippen molar-refractivity contribution in [3.8, 4) is 0 Å². The highest BCUT2D eigenvalue weighted by Gasteiger charge is 2.47. The third-order valence-electron chi connectivity index (χ3n) is 4.79. The van der Waals surface area contributed by atoms with Crippen molar-refractivity contribution in [1.82, 2.24) is 24.8 Å². The molecule has 3 aromatic rings. The predicted molar refractivity (Wildman–Crippen MR) is 103 cm³/mol. The molecule has 2 aromatic heterocycles. The summed E-state index contributed by atoms with van der Waals surface area (Å²) in [5.74, 6) is -0.0327. The average molecular weight is 399 g/mol. The summed E-state index contributed by atoms with van der Waals surface area (Å²) in [5.41, 5.74) is 8.30. The Kier molecular flexibility index (Phi) is 5.01. The van der Waals surface area contributed by atoms with Crippen molar-refractivity contribution in [2.45, 2.75) is 31.1 Å². The summed E-state index contributed by atoms with van der Waals surface area (Å²) < 4.78 is 7.06. The summed E-state index contributed by atoms with van der Waals surface area (Å²) >= 11 is 0. The fraction of sp³-hybridized carbons (Fsp3) is 0.333. The zero-order valence-corrected chi connectivity index (χ0v) is 15.6. The number of rotatable bonds is 5. The normalized spacial score (nSPS) is 24.0. The number of aliphatic hydroxyl groups is 2. The van der Waals surface area contributed by atoms with Crippen LogP contribution >= 0.6 is 0 Å². The lowest BCUT2D eigenvalue weighted by atomic mass is 10.1. The maximum atomic E-state index is 11.9. The van der Waals surface area contributed by atoms with E-state index in [9.17, 15) is 15.0 Å². The van der Waals surface area contributed by atoms with Crippen molar-refractivity contribution >= 4 is 28.6 Å². The highest BCUT2D eigenvalue weighted by atomic mass is 16.6. The van der Waals surface area contributed by atoms with Gasteiger partial charge in [0.25, 0.3) is 5.91 Å². The summed E-state index contributed by atoms with van der Waals surface area (Å²) in [5, 5.41) is 26.1. The van der Waals surface area contributed by atoms with Gasteiger partial charge in [0.1, 0.15) is 18.5 Å². The molecule has 0 saturated carbocycles. The number of anilines is 2. The number of nitrogens with one attached hydrogen (secondary N) is 2. The lowest BCUT2D eigenvalue weighted by molar-refractivity contribution is -0.137. The third kappa shape index (κ3) is 3.46. The second kappa shape index (κ2) is 7.62. The number of fused-ring (bicyclic) bond motifs is 1. The van der Waals surface area contributed by atoms with E-state index in [1.165, 1.54) is 24.3 Å². The van der Waals surface area contributed by atoms with E-state index in [1.54, 1.807) is 0 Å². The molecule has 1 unspecified atom stereocenters. The molecule has 0 bridgehead atoms. The molecule has 0 spiro atoms. The SMILES string of the molecule is CNC(=O)[C@H]1OC(n2cnc3c(NCc4cccc(N)c4)ncnc32)[C@H](O)[C@@H]1O. The van der Waals surface area contributed by atoms with E-state index < -0.39 is 30.4 Å². The zero-order valence-electron chi connectivity index (χ0n) is 15.6. The van der Waals surface area contributed by atoms with Crippen molar-refractivity contribution in [2.75, 3.05) is 18.1 Å². The van der Waals surface area contributed by atoms with Gasteiger partial charge in [0.05, 0.1) is 6.33 Å². The van der Waals surface area contributed by atoms with Crippen LogP contribution in [0, 0.1) is 0 Å². The molecule has 1 saturated heterocycles. The van der Waals surface area contributed by atoms with Crippen LogP contribution in [0.2, 0.25) is 0 Å². The maximum absolute atomic E-state index is 11.9. The quantitative estimate of drug-likeness (QED) is 0.352. The molecule has 29 heavy (non-hydrogen) atoms. The highest BCUT2D eigenvalue weighted by Crippen LogP contribution is 2.32. The minimum atomic E-state index is -1.37. The van der Waals surface area contributed by atoms with Crippen LogP contribution in [0.4, 0.5) is 11.5 Å². The first-order valence-electron chi connectivity index (χ1n) is 8.98. The molecule has 4 rings (SSSR count). The van der Waals surface area contributed by atoms with Crippen molar-refractivity contribution in [1.29, 1.82) is 0 Å². The van der Waals surface area contributed by atoms with Gasteiger partial charge in [-0.05, 0) is 17.7 Å². The number of hydrogen-bond donors (Lipinski definition) is 5. The molecular weight excluding hydrogens is 378 g/mol. The first kappa shape index (κ1) is 19.1. The Morgan fingerprint density at radius 2 is 2.10 bits per heavy atom. The number of aromatic nitrogens is 4. The second-order valence-electron chi connectivity index (χ2n) is 6.69. The van der Waals surface area contributed by atoms with Crippen molar-refractivity contribution in [3.05, 3.63) is 42.5 Å². The number of carbonyl (C=O) groups is 1. The van der Waals surface area contributed by atoms with Crippen LogP contribution in [-0.2, 0) is 16.1 Å². The van der Waals surface area contributed by atoms with Gasteiger partial charge in [-0.2, -0.15) is 0 Å². The molecule has 1 aromatic carbocycles. The molecular formula is C18H21N7O4. The number of hydrogen-bond acceptors (Lipinski definition) is 9. The summed E-state index contributed by atoms with van der Waals surface area (Å²) in [6, 6.07) is 7.46. The number of ether oxygens (including phenoxy) is 1. The fourth-order valence-corrected chi connectivity index (χ4v) is 3.30. The zero-order chi connectivity index (χ0) is 20.5. The van der Waals surface area contributed by atoms with E-state index in [1.807, 2.05) is 24.3 Å². The average Bonchev–Trinajstić information content (AvgIpc) is 3.28. The Hall–Kier alpha value is -3.28. The molecule has 4 atom stereocenters. The van der Waals surface area contributed by atoms with Gasteiger partial charge in [-0.1, -0.05) is 12.1 Å². The Bertz CT molecular complexity index is 1040. The lowest BCUT2D eigenvalue weighted by Crippen LogP contribution is -2.41. The van der Waals surface area contributed by atoms with Crippen LogP contribution in [0.5, 0.6) is 0 Å². The number of carbonyl (C=O) groups excluding carboxylic acids is 1. The number of imidazole rings is 1. The van der Waals surface area contributed by atoms with Crippen LogP contribution in [0.3, 0.4) is 0 Å². The van der Waals surface area contributed by atoms with Crippen LogP contribution in [-0.4, -0.2) is 61.0 Å². The van der Waals surface area contributed by atoms with Gasteiger partial charge in [0, 0.05) is 19.3 Å². The number of nitrogens with zero attached hydrogens (tertiary/aromatic N) is 4. The Labute approximate surface area is 165 Å². The molecule has 0 aliphatic carbocycles. The lowest BCUT2D eigenvalue weighted by Gasteiger charge is -2.16. The standard InChI is InChI=1S/C18H21N7O4/c1-20-17(28)14-12(26)13(27)18(29-14)25-8-24-11-15(22-7-23-16(11)25)21-6-9-3-2-4-10(19)5-9/h2-5,7-8,12-14,18,26-27H,6,19H2,1H3,(H,20,28)(H,21,22,23)/t12-,13+,14-,18?/m0/s1. The molecule has 1 aliphatic heterocycles. The molecule has 11 nitrogen and oxygen atoms in total. The van der Waals surface area contributed by atoms with E-state index in [4.69, 9.17) is 10.5 Å². The van der Waals surface area contributed by atoms with E-state index in [0.29, 0.717) is 29.2 Å². The Morgan fingerprint density at radius 1 is 1.28 bits per heavy atom. The number of amides is 1. The van der Waals surface area contributed by atoms with E-state index in [0.717, 1.165) is 5.56 Å². The Balaban J connectivity index is 1.60. The molecule has 0 radical (unpaired) electrons. The van der Waals surface area contributed by atoms with Gasteiger partial charge >= 0.3 is 0 Å². The van der Waals surface area contributed by atoms with E-state index >= 15 is 0 Å². The van der Waals surface area contributed by atoms with Crippen molar-refractivity contribution < 1.29 is 19.7 Å². The molecule has 3 heterocycles. The van der Waals surface area contributed by atoms with Crippen LogP contribution < -0.4 is 16.4 Å². The molecule has 1 aliphatic rings. The largest absolute Gasteiger partial charge is 0.399 e. The van der Waals surface area contributed by atoms with Gasteiger partial charge in [0.2, 0.25) is 0 Å². The molecule has 152 valence electrons. The summed E-state index contributed by atoms with van der Waals surface area (Å²) in [7, 11) is 1.43. The predicted octanol–water partition coefficient (Wildman–Crippen LogP) is -0.614. The first-order valence-corrected chi connectivity index (χ1v) is 8.98. The number of benzene rings is 1. The highest BCUT2D eigenvalue weighted by molar-refractivity contribution is 5.83. The van der Waals surface area contributed by atoms with Crippen LogP contribution in [0.1, 0.15) is 11.8 Å². The van der Waals surface area contributed by atoms with E-state index in [2.05, 4.69) is 25.6 Å². The molecule has 1 fully saturated rings. The molecule has 6 N–H and O–H groups in total. The minimum absolute atomic E-state index is 0.392. The van der Waals surface area contributed by atoms with Gasteiger partial charge in [-0.25, -0.2) is 15.0 Å². The number of nitrogens with two attached hydrogens (primary N) is 1. The molecule has 1 amide bonds. The summed E-state index contributed by atoms with van der Waals surface area (Å²) in [4.78, 5) is 24.6. The van der Waals surface area contributed by atoms with Crippen molar-refractivity contribution in [2.24, 2.45) is 0 Å². The topological polar surface area (TPSA) is 160 Å². The number of likely N-dealkylation sites (N-methyl/N-ethyl adjacent to an activating group) is 1. The molecule has 11 heteroatoms. The fourth-order valence-electron chi connectivity index (χ4n) is 3.30. The maximum Gasteiger partial charge on any atom is 0.251 e. The monoisotopic (exact) mass is 399 g/mol. The smallest absolute Gasteiger partial charge is 0.251 e. The summed E-state index contributed by atoms with van der Waals surface area (Å²) in [6.45, 7) is 0.476. The number of nitrogen functional groups attached to an aromatic ring is 1. The number of aliphatic hydroxyl groups excluding tert-OH is 2. The Morgan fingerprint density at radius 3 is 2.86 bits per heavy atom. The van der Waals surface area contributed by atoms with Gasteiger partial charge in [0.15, 0.2) is 29.3 Å². The van der Waals surface area contributed by atoms with Crippen molar-refractivity contribution in [3.63, 3.8) is 0 Å². The summed E-state index contributed by atoms with van der Waals surface area (Å²) in [6.07, 6.45) is -2.13. The first-order chi connectivity index (χ1) is 14.0. The van der Waals surface area contributed by atoms with E-state index in [-0.39, 0.29) is 0 Å². The van der Waals surface area contributed by atoms with Gasteiger partial charge in [-0.15, -0.1) is 0 Å². The van der Waals surface area contributed by atoms with Crippen LogP contribution in [0.25, 0.3) is 11.2 Å².